The summed E-state index contributed by atoms with van der Waals surface area (Å²) in [6.07, 6.45) is -1.25. The molecule has 2 rings (SSSR count). The fraction of sp³-hybridized carbons (Fsp3) is 0.176. The molecule has 1 N–H and O–H groups in total. The van der Waals surface area contributed by atoms with E-state index in [1.165, 1.54) is 13.0 Å². The van der Waals surface area contributed by atoms with Gasteiger partial charge < -0.3 is 14.8 Å². The molecule has 0 saturated carbocycles. The van der Waals surface area contributed by atoms with E-state index in [1.807, 2.05) is 0 Å². The second kappa shape index (κ2) is 9.22. The highest BCUT2D eigenvalue weighted by molar-refractivity contribution is 9.10. The molecule has 1 amide bonds. The first-order valence-electron chi connectivity index (χ1n) is 7.69. The van der Waals surface area contributed by atoms with Crippen molar-refractivity contribution in [2.75, 3.05) is 11.9 Å². The number of ether oxygens (including phenoxy) is 2. The third-order valence-corrected chi connectivity index (χ3v) is 3.95. The monoisotopic (exact) mass is 458 g/mol. The number of nitro benzene ring substituents is 1. The van der Waals surface area contributed by atoms with E-state index >= 15 is 0 Å². The van der Waals surface area contributed by atoms with Crippen molar-refractivity contribution < 1.29 is 32.8 Å². The van der Waals surface area contributed by atoms with Gasteiger partial charge in [-0.15, -0.1) is 0 Å². The molecule has 0 saturated heterocycles. The molecule has 8 nitrogen and oxygen atoms in total. The van der Waals surface area contributed by atoms with Crippen LogP contribution in [0.3, 0.4) is 0 Å². The minimum absolute atomic E-state index is 0.0347. The van der Waals surface area contributed by atoms with Crippen LogP contribution < -0.4 is 10.1 Å². The summed E-state index contributed by atoms with van der Waals surface area (Å²) in [6, 6.07) is 6.41. The van der Waals surface area contributed by atoms with E-state index in [2.05, 4.69) is 21.2 Å². The number of halogens is 3. The van der Waals surface area contributed by atoms with E-state index in [0.717, 1.165) is 30.3 Å². The second-order valence-corrected chi connectivity index (χ2v) is 6.26. The predicted molar refractivity (Wildman–Crippen MR) is 96.8 cm³/mol. The van der Waals surface area contributed by atoms with Crippen LogP contribution in [0.2, 0.25) is 0 Å². The Hall–Kier alpha value is -3.08. The van der Waals surface area contributed by atoms with Crippen molar-refractivity contribution in [2.45, 2.75) is 13.0 Å². The average Bonchev–Trinajstić information content (AvgIpc) is 2.62. The number of anilines is 1. The standard InChI is InChI=1S/C17H13BrF2N2O6/c1-9(17(24)21-11-3-4-13(20)14(7-11)22(25)26)28-16(23)8-27-15-5-2-10(19)6-12(15)18/h2-7,9H,8H2,1H3,(H,21,24). The molecular weight excluding hydrogens is 446 g/mol. The highest BCUT2D eigenvalue weighted by Gasteiger charge is 2.21. The van der Waals surface area contributed by atoms with Gasteiger partial charge in [-0.3, -0.25) is 14.9 Å². The minimum atomic E-state index is -1.25. The number of hydrogen-bond acceptors (Lipinski definition) is 6. The zero-order valence-electron chi connectivity index (χ0n) is 14.3. The van der Waals surface area contributed by atoms with Gasteiger partial charge in [0.1, 0.15) is 11.6 Å². The molecule has 0 heterocycles. The lowest BCUT2D eigenvalue weighted by atomic mass is 10.2. The zero-order chi connectivity index (χ0) is 20.8. The van der Waals surface area contributed by atoms with E-state index in [-0.39, 0.29) is 11.4 Å². The molecule has 2 aromatic rings. The predicted octanol–water partition coefficient (Wildman–Crippen LogP) is 3.58. The van der Waals surface area contributed by atoms with Gasteiger partial charge in [-0.25, -0.2) is 9.18 Å². The van der Waals surface area contributed by atoms with Crippen LogP contribution in [-0.4, -0.2) is 29.5 Å². The van der Waals surface area contributed by atoms with Crippen molar-refractivity contribution in [2.24, 2.45) is 0 Å². The molecule has 0 aliphatic heterocycles. The topological polar surface area (TPSA) is 108 Å². The molecule has 11 heteroatoms. The highest BCUT2D eigenvalue weighted by Crippen LogP contribution is 2.25. The summed E-state index contributed by atoms with van der Waals surface area (Å²) in [5.41, 5.74) is -0.840. The quantitative estimate of drug-likeness (QED) is 0.385. The first-order valence-corrected chi connectivity index (χ1v) is 8.49. The summed E-state index contributed by atoms with van der Waals surface area (Å²) in [5, 5.41) is 13.0. The van der Waals surface area contributed by atoms with Gasteiger partial charge in [0, 0.05) is 11.8 Å². The zero-order valence-corrected chi connectivity index (χ0v) is 15.9. The van der Waals surface area contributed by atoms with Gasteiger partial charge in [0.2, 0.25) is 5.82 Å². The number of hydrogen-bond donors (Lipinski definition) is 1. The maximum Gasteiger partial charge on any atom is 0.344 e. The van der Waals surface area contributed by atoms with Crippen molar-refractivity contribution in [3.05, 3.63) is 62.6 Å². The number of nitro groups is 1. The molecule has 0 aromatic heterocycles. The Labute approximate surface area is 165 Å². The van der Waals surface area contributed by atoms with Gasteiger partial charge in [0.25, 0.3) is 5.91 Å². The van der Waals surface area contributed by atoms with Gasteiger partial charge in [-0.1, -0.05) is 0 Å². The van der Waals surface area contributed by atoms with Crippen molar-refractivity contribution >= 4 is 39.2 Å². The van der Waals surface area contributed by atoms with Crippen LogP contribution in [0.5, 0.6) is 5.75 Å². The first kappa shape index (κ1) is 21.2. The lowest BCUT2D eigenvalue weighted by Crippen LogP contribution is -2.31. The minimum Gasteiger partial charge on any atom is -0.481 e. The fourth-order valence-electron chi connectivity index (χ4n) is 1.99. The first-order chi connectivity index (χ1) is 13.2. The van der Waals surface area contributed by atoms with Crippen LogP contribution in [0, 0.1) is 21.7 Å². The molecule has 0 radical (unpaired) electrons. The van der Waals surface area contributed by atoms with Crippen LogP contribution >= 0.6 is 15.9 Å². The van der Waals surface area contributed by atoms with Crippen LogP contribution in [0.25, 0.3) is 0 Å². The third-order valence-electron chi connectivity index (χ3n) is 3.33. The van der Waals surface area contributed by atoms with E-state index in [0.29, 0.717) is 4.47 Å². The number of carbonyl (C=O) groups is 2. The maximum atomic E-state index is 13.3. The maximum absolute atomic E-state index is 13.3. The number of carbonyl (C=O) groups excluding carboxylic acids is 2. The molecule has 0 bridgehead atoms. The normalized spacial score (nSPS) is 11.4. The molecule has 0 fully saturated rings. The highest BCUT2D eigenvalue weighted by atomic mass is 79.9. The largest absolute Gasteiger partial charge is 0.481 e. The molecule has 0 spiro atoms. The molecular formula is C17H13BrF2N2O6. The number of amides is 1. The van der Waals surface area contributed by atoms with Gasteiger partial charge >= 0.3 is 11.7 Å². The van der Waals surface area contributed by atoms with Gasteiger partial charge in [0.15, 0.2) is 12.7 Å². The Morgan fingerprint density at radius 3 is 2.61 bits per heavy atom. The number of nitrogens with zero attached hydrogens (tertiary/aromatic N) is 1. The lowest BCUT2D eigenvalue weighted by molar-refractivity contribution is -0.387. The average molecular weight is 459 g/mol. The van der Waals surface area contributed by atoms with Crippen LogP contribution in [0.1, 0.15) is 6.92 Å². The summed E-state index contributed by atoms with van der Waals surface area (Å²) in [5.74, 6) is -2.99. The molecule has 148 valence electrons. The van der Waals surface area contributed by atoms with Crippen LogP contribution in [0.4, 0.5) is 20.2 Å². The Balaban J connectivity index is 1.90. The second-order valence-electron chi connectivity index (χ2n) is 5.41. The van der Waals surface area contributed by atoms with Crippen LogP contribution in [-0.2, 0) is 14.3 Å². The Morgan fingerprint density at radius 1 is 1.25 bits per heavy atom. The summed E-state index contributed by atoms with van der Waals surface area (Å²) < 4.78 is 36.7. The smallest absolute Gasteiger partial charge is 0.344 e. The summed E-state index contributed by atoms with van der Waals surface area (Å²) in [6.45, 7) is 0.739. The molecule has 0 aliphatic rings. The van der Waals surface area contributed by atoms with Crippen molar-refractivity contribution in [3.63, 3.8) is 0 Å². The number of esters is 1. The Bertz CT molecular complexity index is 925. The number of rotatable bonds is 7. The molecule has 0 aliphatic carbocycles. The fourth-order valence-corrected chi connectivity index (χ4v) is 2.45. The number of benzene rings is 2. The Morgan fingerprint density at radius 2 is 1.96 bits per heavy atom. The molecule has 1 atom stereocenters. The molecule has 2 aromatic carbocycles. The van der Waals surface area contributed by atoms with E-state index in [4.69, 9.17) is 9.47 Å². The lowest BCUT2D eigenvalue weighted by Gasteiger charge is -2.14. The van der Waals surface area contributed by atoms with Crippen molar-refractivity contribution in [1.29, 1.82) is 0 Å². The SMILES string of the molecule is CC(OC(=O)COc1ccc(F)cc1Br)C(=O)Nc1ccc(F)c([N+](=O)[O-])c1. The summed E-state index contributed by atoms with van der Waals surface area (Å²) in [7, 11) is 0. The third kappa shape index (κ3) is 5.71. The molecule has 1 unspecified atom stereocenters. The van der Waals surface area contributed by atoms with E-state index < -0.39 is 46.8 Å². The van der Waals surface area contributed by atoms with Gasteiger partial charge in [-0.05, 0) is 53.2 Å². The van der Waals surface area contributed by atoms with Crippen molar-refractivity contribution in [3.8, 4) is 5.75 Å². The van der Waals surface area contributed by atoms with E-state index in [1.54, 1.807) is 0 Å². The summed E-state index contributed by atoms with van der Waals surface area (Å²) in [4.78, 5) is 33.6. The van der Waals surface area contributed by atoms with Crippen molar-refractivity contribution in [1.82, 2.24) is 0 Å². The van der Waals surface area contributed by atoms with Gasteiger partial charge in [0.05, 0.1) is 9.40 Å². The van der Waals surface area contributed by atoms with Crippen LogP contribution in [0.15, 0.2) is 40.9 Å². The number of nitrogens with one attached hydrogen (secondary N) is 1. The Kier molecular flexibility index (Phi) is 6.99. The van der Waals surface area contributed by atoms with Gasteiger partial charge in [-0.2, -0.15) is 4.39 Å². The van der Waals surface area contributed by atoms with E-state index in [9.17, 15) is 28.5 Å². The molecule has 28 heavy (non-hydrogen) atoms. The summed E-state index contributed by atoms with van der Waals surface area (Å²) >= 11 is 3.07.